The lowest BCUT2D eigenvalue weighted by molar-refractivity contribution is -0.112. The summed E-state index contributed by atoms with van der Waals surface area (Å²) < 4.78 is 0. The lowest BCUT2D eigenvalue weighted by atomic mass is 9.97. The smallest absolute Gasteiger partial charge is 0.160 e. The van der Waals surface area contributed by atoms with Crippen LogP contribution in [0.25, 0.3) is 33.7 Å². The molecular weight excluding hydrogens is 258 g/mol. The molecule has 0 spiro atoms. The van der Waals surface area contributed by atoms with E-state index in [4.69, 9.17) is 5.26 Å². The fourth-order valence-electron chi connectivity index (χ4n) is 2.96. The van der Waals surface area contributed by atoms with Gasteiger partial charge < -0.3 is 0 Å². The van der Waals surface area contributed by atoms with E-state index in [1.807, 2.05) is 36.4 Å². The second-order valence-corrected chi connectivity index (χ2v) is 5.33. The normalized spacial score (nSPS) is 13.4. The van der Waals surface area contributed by atoms with Crippen LogP contribution in [0.5, 0.6) is 0 Å². The van der Waals surface area contributed by atoms with Gasteiger partial charge in [0.25, 0.3) is 0 Å². The third-order valence-corrected chi connectivity index (χ3v) is 4.01. The van der Waals surface area contributed by atoms with Crippen LogP contribution in [0.1, 0.15) is 12.0 Å². The lowest BCUT2D eigenvalue weighted by Gasteiger charge is -2.07. The number of carbonyl (C=O) groups is 1. The Morgan fingerprint density at radius 3 is 2.52 bits per heavy atom. The molecule has 0 bridgehead atoms. The third kappa shape index (κ3) is 1.83. The van der Waals surface area contributed by atoms with Gasteiger partial charge in [-0.25, -0.2) is 0 Å². The van der Waals surface area contributed by atoms with Crippen LogP contribution >= 0.6 is 0 Å². The summed E-state index contributed by atoms with van der Waals surface area (Å²) in [7, 11) is 0. The molecule has 0 saturated heterocycles. The summed E-state index contributed by atoms with van der Waals surface area (Å²) in [5, 5.41) is 15.6. The second-order valence-electron chi connectivity index (χ2n) is 5.33. The third-order valence-electron chi connectivity index (χ3n) is 4.01. The molecule has 0 aromatic heterocycles. The van der Waals surface area contributed by atoms with Crippen molar-refractivity contribution in [3.8, 4) is 6.07 Å². The van der Waals surface area contributed by atoms with E-state index in [0.717, 1.165) is 32.0 Å². The Morgan fingerprint density at radius 2 is 1.71 bits per heavy atom. The zero-order valence-corrected chi connectivity index (χ0v) is 11.3. The van der Waals surface area contributed by atoms with Gasteiger partial charge in [-0.2, -0.15) is 5.26 Å². The zero-order valence-electron chi connectivity index (χ0n) is 11.3. The van der Waals surface area contributed by atoms with E-state index in [1.54, 1.807) is 6.08 Å². The maximum absolute atomic E-state index is 11.5. The first-order chi connectivity index (χ1) is 10.2. The first-order valence-electron chi connectivity index (χ1n) is 6.86. The van der Waals surface area contributed by atoms with Gasteiger partial charge >= 0.3 is 0 Å². The van der Waals surface area contributed by atoms with Crippen LogP contribution in [0.4, 0.5) is 0 Å². The number of nitriles is 1. The van der Waals surface area contributed by atoms with Crippen molar-refractivity contribution in [1.29, 1.82) is 5.26 Å². The Balaban J connectivity index is 2.16. The fraction of sp³-hybridized carbons (Fsp3) is 0.0526. The highest BCUT2D eigenvalue weighted by atomic mass is 16.1. The molecule has 2 nitrogen and oxygen atoms in total. The number of nitrogens with zero attached hydrogens (tertiary/aromatic N) is 1. The van der Waals surface area contributed by atoms with Gasteiger partial charge in [0.05, 0.1) is 11.6 Å². The van der Waals surface area contributed by atoms with Crippen molar-refractivity contribution in [3.63, 3.8) is 0 Å². The molecule has 1 aliphatic carbocycles. The second kappa shape index (κ2) is 4.29. The Kier molecular flexibility index (Phi) is 2.43. The van der Waals surface area contributed by atoms with Crippen molar-refractivity contribution in [1.82, 2.24) is 0 Å². The van der Waals surface area contributed by atoms with Crippen LogP contribution < -0.4 is 10.4 Å². The number of ketones is 1. The molecule has 0 atom stereocenters. The molecule has 21 heavy (non-hydrogen) atoms. The topological polar surface area (TPSA) is 40.9 Å². The zero-order chi connectivity index (χ0) is 14.4. The Bertz CT molecular complexity index is 1080. The number of benzene rings is 3. The number of fused-ring (bicyclic) bond motifs is 4. The number of hydrogen-bond acceptors (Lipinski definition) is 2. The van der Waals surface area contributed by atoms with E-state index >= 15 is 0 Å². The first-order valence-corrected chi connectivity index (χ1v) is 6.86. The van der Waals surface area contributed by atoms with Gasteiger partial charge in [0.15, 0.2) is 5.78 Å². The van der Waals surface area contributed by atoms with Gasteiger partial charge in [-0.3, -0.25) is 4.79 Å². The summed E-state index contributed by atoms with van der Waals surface area (Å²) in [4.78, 5) is 11.5. The van der Waals surface area contributed by atoms with Gasteiger partial charge in [0.2, 0.25) is 0 Å². The SMILES string of the molecule is N#Cc1ccc2c(ccc3cc4c(cc32)=CCC(=O)C=4)c1. The summed E-state index contributed by atoms with van der Waals surface area (Å²) in [5.74, 6) is 0.154. The van der Waals surface area contributed by atoms with E-state index in [2.05, 4.69) is 18.2 Å². The summed E-state index contributed by atoms with van der Waals surface area (Å²) in [5.41, 5.74) is 0.672. The van der Waals surface area contributed by atoms with Crippen molar-refractivity contribution in [2.24, 2.45) is 0 Å². The van der Waals surface area contributed by atoms with Gasteiger partial charge in [-0.1, -0.05) is 24.3 Å². The van der Waals surface area contributed by atoms with Crippen LogP contribution in [0.3, 0.4) is 0 Å². The maximum atomic E-state index is 11.5. The quantitative estimate of drug-likeness (QED) is 0.588. The molecular formula is C19H11NO. The molecule has 0 amide bonds. The van der Waals surface area contributed by atoms with Gasteiger partial charge in [-0.05, 0) is 62.3 Å². The predicted octanol–water partition coefficient (Wildman–Crippen LogP) is 2.40. The molecule has 0 unspecified atom stereocenters. The van der Waals surface area contributed by atoms with Gasteiger partial charge in [-0.15, -0.1) is 0 Å². The number of rotatable bonds is 0. The minimum absolute atomic E-state index is 0.154. The molecule has 3 aromatic rings. The first kappa shape index (κ1) is 11.9. The Hall–Kier alpha value is -2.92. The summed E-state index contributed by atoms with van der Waals surface area (Å²) in [6, 6.07) is 16.2. The van der Waals surface area contributed by atoms with E-state index in [1.165, 1.54) is 0 Å². The average Bonchev–Trinajstić information content (AvgIpc) is 2.52. The maximum Gasteiger partial charge on any atom is 0.160 e. The molecule has 3 aromatic carbocycles. The van der Waals surface area contributed by atoms with E-state index in [-0.39, 0.29) is 5.78 Å². The molecule has 0 saturated carbocycles. The monoisotopic (exact) mass is 269 g/mol. The lowest BCUT2D eigenvalue weighted by Crippen LogP contribution is -2.28. The largest absolute Gasteiger partial charge is 0.294 e. The fourth-order valence-corrected chi connectivity index (χ4v) is 2.96. The number of carbonyl (C=O) groups excluding carboxylic acids is 1. The van der Waals surface area contributed by atoms with E-state index in [0.29, 0.717) is 12.0 Å². The summed E-state index contributed by atoms with van der Waals surface area (Å²) in [6.07, 6.45) is 4.18. The molecule has 0 heterocycles. The van der Waals surface area contributed by atoms with Crippen molar-refractivity contribution in [2.75, 3.05) is 0 Å². The minimum Gasteiger partial charge on any atom is -0.294 e. The van der Waals surface area contributed by atoms with Crippen LogP contribution in [0, 0.1) is 11.3 Å². The highest BCUT2D eigenvalue weighted by Crippen LogP contribution is 2.24. The van der Waals surface area contributed by atoms with Crippen molar-refractivity contribution in [2.45, 2.75) is 6.42 Å². The molecule has 0 fully saturated rings. The van der Waals surface area contributed by atoms with Crippen molar-refractivity contribution < 1.29 is 4.79 Å². The van der Waals surface area contributed by atoms with Crippen molar-refractivity contribution >= 4 is 39.5 Å². The van der Waals surface area contributed by atoms with Crippen LogP contribution in [-0.2, 0) is 4.79 Å². The van der Waals surface area contributed by atoms with Crippen LogP contribution in [0.15, 0.2) is 42.5 Å². The molecule has 0 radical (unpaired) electrons. The van der Waals surface area contributed by atoms with E-state index < -0.39 is 0 Å². The van der Waals surface area contributed by atoms with Gasteiger partial charge in [0.1, 0.15) is 0 Å². The highest BCUT2D eigenvalue weighted by Gasteiger charge is 2.06. The van der Waals surface area contributed by atoms with Crippen LogP contribution in [-0.4, -0.2) is 5.78 Å². The molecule has 0 N–H and O–H groups in total. The molecule has 98 valence electrons. The Labute approximate surface area is 121 Å². The predicted molar refractivity (Wildman–Crippen MR) is 84.0 cm³/mol. The Morgan fingerprint density at radius 1 is 0.905 bits per heavy atom. The number of Topliss-reactive ketones (excluding diaryl/α,β-unsaturated/α-hetero) is 1. The minimum atomic E-state index is 0.154. The van der Waals surface area contributed by atoms with E-state index in [9.17, 15) is 4.79 Å². The molecule has 1 aliphatic rings. The van der Waals surface area contributed by atoms with Crippen LogP contribution in [0.2, 0.25) is 0 Å². The average molecular weight is 269 g/mol. The van der Waals surface area contributed by atoms with Crippen molar-refractivity contribution in [3.05, 3.63) is 58.5 Å². The standard InChI is InChI=1S/C19H11NO/c20-11-12-1-6-18-14(7-12)2-3-15-8-16-9-17(21)5-4-13(16)10-19(15)18/h1-4,6-10H,5H2. The molecule has 4 rings (SSSR count). The highest BCUT2D eigenvalue weighted by molar-refractivity contribution is 6.11. The summed E-state index contributed by atoms with van der Waals surface area (Å²) in [6.45, 7) is 0. The summed E-state index contributed by atoms with van der Waals surface area (Å²) >= 11 is 0. The number of hydrogen-bond donors (Lipinski definition) is 0. The molecule has 0 aliphatic heterocycles. The molecule has 2 heteroatoms. The van der Waals surface area contributed by atoms with Gasteiger partial charge in [0, 0.05) is 6.42 Å².